The van der Waals surface area contributed by atoms with Crippen LogP contribution in [-0.4, -0.2) is 29.0 Å². The lowest BCUT2D eigenvalue weighted by atomic mass is 9.88. The van der Waals surface area contributed by atoms with Crippen LogP contribution in [0.15, 0.2) is 24.3 Å². The summed E-state index contributed by atoms with van der Waals surface area (Å²) < 4.78 is 7.66. The summed E-state index contributed by atoms with van der Waals surface area (Å²) in [5.41, 5.74) is 2.54. The second-order valence-corrected chi connectivity index (χ2v) is 6.22. The van der Waals surface area contributed by atoms with Gasteiger partial charge in [-0.3, -0.25) is 4.68 Å². The van der Waals surface area contributed by atoms with Gasteiger partial charge in [-0.1, -0.05) is 32.0 Å². The standard InChI is InChI=1S/C16H23N3O/c1-4-19-14-8-6-5-7-12(14)13(18-19)9-17-15-10-20-11-16(15,2)3/h5-8,15,17H,4,9-11H2,1-3H3. The van der Waals surface area contributed by atoms with Crippen LogP contribution in [0.2, 0.25) is 0 Å². The summed E-state index contributed by atoms with van der Waals surface area (Å²) in [5.74, 6) is 0. The molecule has 0 spiro atoms. The fourth-order valence-corrected chi connectivity index (χ4v) is 2.89. The van der Waals surface area contributed by atoms with Gasteiger partial charge in [0.15, 0.2) is 0 Å². The molecule has 1 N–H and O–H groups in total. The summed E-state index contributed by atoms with van der Waals surface area (Å²) in [6.45, 7) is 9.95. The molecule has 1 unspecified atom stereocenters. The van der Waals surface area contributed by atoms with E-state index in [0.717, 1.165) is 32.0 Å². The van der Waals surface area contributed by atoms with Crippen molar-refractivity contribution in [1.29, 1.82) is 0 Å². The van der Waals surface area contributed by atoms with E-state index in [-0.39, 0.29) is 5.41 Å². The predicted molar refractivity (Wildman–Crippen MR) is 80.6 cm³/mol. The first-order chi connectivity index (χ1) is 9.62. The molecular formula is C16H23N3O. The van der Waals surface area contributed by atoms with Crippen molar-refractivity contribution in [2.75, 3.05) is 13.2 Å². The van der Waals surface area contributed by atoms with Gasteiger partial charge in [-0.25, -0.2) is 0 Å². The van der Waals surface area contributed by atoms with Crippen LogP contribution in [0.25, 0.3) is 10.9 Å². The van der Waals surface area contributed by atoms with Crippen molar-refractivity contribution in [2.45, 2.75) is 39.9 Å². The highest BCUT2D eigenvalue weighted by Crippen LogP contribution is 2.28. The van der Waals surface area contributed by atoms with Crippen molar-refractivity contribution < 1.29 is 4.74 Å². The van der Waals surface area contributed by atoms with Crippen molar-refractivity contribution >= 4 is 10.9 Å². The molecule has 1 aliphatic heterocycles. The molecule has 0 aliphatic carbocycles. The molecule has 1 saturated heterocycles. The summed E-state index contributed by atoms with van der Waals surface area (Å²) in [4.78, 5) is 0. The Morgan fingerprint density at radius 3 is 2.90 bits per heavy atom. The maximum Gasteiger partial charge on any atom is 0.0841 e. The first kappa shape index (κ1) is 13.6. The molecule has 0 saturated carbocycles. The molecule has 108 valence electrons. The number of ether oxygens (including phenoxy) is 1. The van der Waals surface area contributed by atoms with E-state index in [1.807, 2.05) is 0 Å². The smallest absolute Gasteiger partial charge is 0.0841 e. The molecule has 0 bridgehead atoms. The van der Waals surface area contributed by atoms with Gasteiger partial charge in [-0.15, -0.1) is 0 Å². The number of rotatable bonds is 4. The highest BCUT2D eigenvalue weighted by atomic mass is 16.5. The van der Waals surface area contributed by atoms with Gasteiger partial charge >= 0.3 is 0 Å². The van der Waals surface area contributed by atoms with E-state index in [1.54, 1.807) is 0 Å². The Balaban J connectivity index is 1.81. The van der Waals surface area contributed by atoms with Crippen molar-refractivity contribution in [3.8, 4) is 0 Å². The number of nitrogens with one attached hydrogen (secondary N) is 1. The summed E-state index contributed by atoms with van der Waals surface area (Å²) in [5, 5.41) is 9.60. The van der Waals surface area contributed by atoms with Crippen molar-refractivity contribution in [3.05, 3.63) is 30.0 Å². The van der Waals surface area contributed by atoms with E-state index in [9.17, 15) is 0 Å². The zero-order valence-corrected chi connectivity index (χ0v) is 12.5. The van der Waals surface area contributed by atoms with Crippen molar-refractivity contribution in [1.82, 2.24) is 15.1 Å². The Hall–Kier alpha value is -1.39. The monoisotopic (exact) mass is 273 g/mol. The number of benzene rings is 1. The van der Waals surface area contributed by atoms with Gasteiger partial charge in [0.2, 0.25) is 0 Å². The lowest BCUT2D eigenvalue weighted by Crippen LogP contribution is -2.40. The Morgan fingerprint density at radius 1 is 1.40 bits per heavy atom. The van der Waals surface area contributed by atoms with E-state index in [0.29, 0.717) is 6.04 Å². The van der Waals surface area contributed by atoms with Gasteiger partial charge in [-0.05, 0) is 13.0 Å². The zero-order chi connectivity index (χ0) is 14.2. The third-order valence-corrected chi connectivity index (χ3v) is 4.25. The molecule has 2 aromatic rings. The van der Waals surface area contributed by atoms with E-state index in [4.69, 9.17) is 9.84 Å². The average molecular weight is 273 g/mol. The minimum atomic E-state index is 0.198. The fourth-order valence-electron chi connectivity index (χ4n) is 2.89. The molecule has 1 aromatic carbocycles. The van der Waals surface area contributed by atoms with Crippen LogP contribution in [0.3, 0.4) is 0 Å². The molecule has 1 aliphatic rings. The van der Waals surface area contributed by atoms with Gasteiger partial charge in [0.05, 0.1) is 24.4 Å². The van der Waals surface area contributed by atoms with Gasteiger partial charge in [0.1, 0.15) is 0 Å². The maximum absolute atomic E-state index is 5.59. The predicted octanol–water partition coefficient (Wildman–Crippen LogP) is 2.57. The van der Waals surface area contributed by atoms with Crippen molar-refractivity contribution in [2.24, 2.45) is 5.41 Å². The first-order valence-electron chi connectivity index (χ1n) is 7.37. The SMILES string of the molecule is CCn1nc(CNC2COCC2(C)C)c2ccccc21. The molecule has 3 rings (SSSR count). The van der Waals surface area contributed by atoms with Gasteiger partial charge < -0.3 is 10.1 Å². The molecule has 4 nitrogen and oxygen atoms in total. The number of fused-ring (bicyclic) bond motifs is 1. The number of hydrogen-bond acceptors (Lipinski definition) is 3. The van der Waals surface area contributed by atoms with Crippen LogP contribution in [-0.2, 0) is 17.8 Å². The Labute approximate surface area is 120 Å². The molecule has 1 fully saturated rings. The summed E-state index contributed by atoms with van der Waals surface area (Å²) >= 11 is 0. The van der Waals surface area contributed by atoms with Crippen molar-refractivity contribution in [3.63, 3.8) is 0 Å². The fraction of sp³-hybridized carbons (Fsp3) is 0.562. The van der Waals surface area contributed by atoms with Gasteiger partial charge in [-0.2, -0.15) is 5.10 Å². The number of hydrogen-bond donors (Lipinski definition) is 1. The molecule has 0 amide bonds. The van der Waals surface area contributed by atoms with Crippen LogP contribution >= 0.6 is 0 Å². The lowest BCUT2D eigenvalue weighted by Gasteiger charge is -2.25. The summed E-state index contributed by atoms with van der Waals surface area (Å²) in [6.07, 6.45) is 0. The average Bonchev–Trinajstić information content (AvgIpc) is 2.96. The lowest BCUT2D eigenvalue weighted by molar-refractivity contribution is 0.166. The highest BCUT2D eigenvalue weighted by molar-refractivity contribution is 5.81. The van der Waals surface area contributed by atoms with Crippen LogP contribution in [0.1, 0.15) is 26.5 Å². The quantitative estimate of drug-likeness (QED) is 0.930. The normalized spacial score (nSPS) is 21.6. The minimum absolute atomic E-state index is 0.198. The molecule has 4 heteroatoms. The van der Waals surface area contributed by atoms with Crippen LogP contribution < -0.4 is 5.32 Å². The second-order valence-electron chi connectivity index (χ2n) is 6.22. The largest absolute Gasteiger partial charge is 0.379 e. The third-order valence-electron chi connectivity index (χ3n) is 4.25. The summed E-state index contributed by atoms with van der Waals surface area (Å²) in [7, 11) is 0. The van der Waals surface area contributed by atoms with Gasteiger partial charge in [0.25, 0.3) is 0 Å². The molecule has 0 radical (unpaired) electrons. The van der Waals surface area contributed by atoms with Gasteiger partial charge in [0, 0.05) is 29.9 Å². The maximum atomic E-state index is 5.59. The second kappa shape index (κ2) is 5.19. The number of aryl methyl sites for hydroxylation is 1. The minimum Gasteiger partial charge on any atom is -0.379 e. The first-order valence-corrected chi connectivity index (χ1v) is 7.37. The Morgan fingerprint density at radius 2 is 2.20 bits per heavy atom. The Bertz CT molecular complexity index is 603. The summed E-state index contributed by atoms with van der Waals surface area (Å²) in [6, 6.07) is 8.84. The molecule has 1 aromatic heterocycles. The molecular weight excluding hydrogens is 250 g/mol. The number of para-hydroxylation sites is 1. The van der Waals surface area contributed by atoms with Crippen LogP contribution in [0.5, 0.6) is 0 Å². The Kier molecular flexibility index (Phi) is 3.52. The highest BCUT2D eigenvalue weighted by Gasteiger charge is 2.35. The van der Waals surface area contributed by atoms with Crippen LogP contribution in [0, 0.1) is 5.41 Å². The van der Waals surface area contributed by atoms with E-state index in [2.05, 4.69) is 55.0 Å². The molecule has 20 heavy (non-hydrogen) atoms. The molecule has 2 heterocycles. The van der Waals surface area contributed by atoms with Crippen LogP contribution in [0.4, 0.5) is 0 Å². The topological polar surface area (TPSA) is 39.1 Å². The number of aromatic nitrogens is 2. The van der Waals surface area contributed by atoms with E-state index >= 15 is 0 Å². The third kappa shape index (κ3) is 2.34. The van der Waals surface area contributed by atoms with E-state index in [1.165, 1.54) is 10.9 Å². The number of nitrogens with zero attached hydrogens (tertiary/aromatic N) is 2. The zero-order valence-electron chi connectivity index (χ0n) is 12.5. The van der Waals surface area contributed by atoms with E-state index < -0.39 is 0 Å². The molecule has 1 atom stereocenters.